The highest BCUT2D eigenvalue weighted by molar-refractivity contribution is 8.00. The van der Waals surface area contributed by atoms with Crippen LogP contribution in [0.5, 0.6) is 11.5 Å². The van der Waals surface area contributed by atoms with Crippen molar-refractivity contribution in [2.45, 2.75) is 4.90 Å². The molecule has 0 aliphatic heterocycles. The SMILES string of the molecule is O=Cc1cc(Cl)cc(NSc2ccc(Cl)cc2O)c1O. The van der Waals surface area contributed by atoms with Gasteiger partial charge in [0.25, 0.3) is 0 Å². The molecule has 0 aromatic heterocycles. The fourth-order valence-electron chi connectivity index (χ4n) is 1.47. The first-order valence-electron chi connectivity index (χ1n) is 5.40. The van der Waals surface area contributed by atoms with Gasteiger partial charge in [0.05, 0.1) is 16.1 Å². The van der Waals surface area contributed by atoms with Crippen molar-refractivity contribution in [3.8, 4) is 11.5 Å². The standard InChI is InChI=1S/C13H9Cl2NO3S/c14-8-1-2-12(11(18)5-8)20-16-10-4-9(15)3-7(6-17)13(10)19/h1-6,16,18-19H. The van der Waals surface area contributed by atoms with Gasteiger partial charge in [-0.3, -0.25) is 4.79 Å². The van der Waals surface area contributed by atoms with Gasteiger partial charge in [-0.1, -0.05) is 23.2 Å². The minimum absolute atomic E-state index is 0.00660. The molecule has 2 aromatic carbocycles. The van der Waals surface area contributed by atoms with Gasteiger partial charge >= 0.3 is 0 Å². The van der Waals surface area contributed by atoms with Crippen LogP contribution in [0.4, 0.5) is 5.69 Å². The first-order valence-corrected chi connectivity index (χ1v) is 6.97. The van der Waals surface area contributed by atoms with Crippen LogP contribution < -0.4 is 4.72 Å². The van der Waals surface area contributed by atoms with Gasteiger partial charge in [0.15, 0.2) is 6.29 Å². The quantitative estimate of drug-likeness (QED) is 0.442. The van der Waals surface area contributed by atoms with E-state index < -0.39 is 0 Å². The lowest BCUT2D eigenvalue weighted by molar-refractivity contribution is 0.112. The highest BCUT2D eigenvalue weighted by Crippen LogP contribution is 2.36. The number of nitrogens with one attached hydrogen (secondary N) is 1. The molecule has 0 atom stereocenters. The second kappa shape index (κ2) is 6.26. The van der Waals surface area contributed by atoms with Crippen molar-refractivity contribution in [3.05, 3.63) is 45.9 Å². The number of anilines is 1. The molecule has 0 aliphatic carbocycles. The van der Waals surface area contributed by atoms with E-state index in [1.165, 1.54) is 18.2 Å². The van der Waals surface area contributed by atoms with Crippen molar-refractivity contribution in [1.82, 2.24) is 0 Å². The number of benzene rings is 2. The zero-order chi connectivity index (χ0) is 14.7. The number of aromatic hydroxyl groups is 2. The number of phenols is 2. The van der Waals surface area contributed by atoms with Gasteiger partial charge in [-0.15, -0.1) is 0 Å². The van der Waals surface area contributed by atoms with Crippen molar-refractivity contribution in [1.29, 1.82) is 0 Å². The summed E-state index contributed by atoms with van der Waals surface area (Å²) in [5.74, 6) is -0.197. The first kappa shape index (κ1) is 14.8. The Labute approximate surface area is 129 Å². The third-order valence-electron chi connectivity index (χ3n) is 2.42. The van der Waals surface area contributed by atoms with Gasteiger partial charge in [-0.2, -0.15) is 0 Å². The molecular weight excluding hydrogens is 321 g/mol. The van der Waals surface area contributed by atoms with E-state index in [0.29, 0.717) is 21.2 Å². The summed E-state index contributed by atoms with van der Waals surface area (Å²) in [7, 11) is 0. The molecule has 0 saturated carbocycles. The molecular formula is C13H9Cl2NO3S. The van der Waals surface area contributed by atoms with Crippen molar-refractivity contribution >= 4 is 47.1 Å². The summed E-state index contributed by atoms with van der Waals surface area (Å²) in [6.07, 6.45) is 0.511. The molecule has 7 heteroatoms. The van der Waals surface area contributed by atoms with Crippen LogP contribution in [-0.4, -0.2) is 16.5 Å². The van der Waals surface area contributed by atoms with Crippen LogP contribution in [0, 0.1) is 0 Å². The van der Waals surface area contributed by atoms with Crippen LogP contribution in [0.2, 0.25) is 10.0 Å². The number of hydrogen-bond donors (Lipinski definition) is 3. The average Bonchev–Trinajstić information content (AvgIpc) is 2.41. The van der Waals surface area contributed by atoms with Gasteiger partial charge in [-0.05, 0) is 42.3 Å². The molecule has 4 nitrogen and oxygen atoms in total. The highest BCUT2D eigenvalue weighted by Gasteiger charge is 2.10. The van der Waals surface area contributed by atoms with Crippen LogP contribution in [0.1, 0.15) is 10.4 Å². The van der Waals surface area contributed by atoms with Crippen LogP contribution in [0.3, 0.4) is 0 Å². The summed E-state index contributed by atoms with van der Waals surface area (Å²) >= 11 is 12.6. The van der Waals surface area contributed by atoms with Crippen LogP contribution >= 0.6 is 35.1 Å². The fraction of sp³-hybridized carbons (Fsp3) is 0. The van der Waals surface area contributed by atoms with E-state index in [1.807, 2.05) is 0 Å². The Morgan fingerprint density at radius 2 is 1.85 bits per heavy atom. The molecule has 20 heavy (non-hydrogen) atoms. The van der Waals surface area contributed by atoms with Crippen LogP contribution in [-0.2, 0) is 0 Å². The van der Waals surface area contributed by atoms with E-state index in [9.17, 15) is 15.0 Å². The topological polar surface area (TPSA) is 69.6 Å². The lowest BCUT2D eigenvalue weighted by Gasteiger charge is -2.10. The lowest BCUT2D eigenvalue weighted by Crippen LogP contribution is -1.91. The number of hydrogen-bond acceptors (Lipinski definition) is 5. The second-order valence-corrected chi connectivity index (χ2v) is 5.55. The molecule has 2 rings (SSSR count). The predicted molar refractivity (Wildman–Crippen MR) is 81.1 cm³/mol. The van der Waals surface area contributed by atoms with Gasteiger partial charge in [0.1, 0.15) is 11.5 Å². The third-order valence-corrected chi connectivity index (χ3v) is 3.76. The van der Waals surface area contributed by atoms with E-state index in [-0.39, 0.29) is 22.7 Å². The fourth-order valence-corrected chi connectivity index (χ4v) is 2.54. The molecule has 0 radical (unpaired) electrons. The molecule has 0 bridgehead atoms. The Kier molecular flexibility index (Phi) is 4.65. The number of carbonyl (C=O) groups excluding carboxylic acids is 1. The maximum atomic E-state index is 10.8. The van der Waals surface area contributed by atoms with Crippen molar-refractivity contribution in [2.75, 3.05) is 4.72 Å². The van der Waals surface area contributed by atoms with Gasteiger partial charge in [0.2, 0.25) is 0 Å². The minimum atomic E-state index is -0.203. The van der Waals surface area contributed by atoms with Gasteiger partial charge < -0.3 is 14.9 Å². The van der Waals surface area contributed by atoms with Gasteiger partial charge in [0, 0.05) is 10.0 Å². The molecule has 0 saturated heterocycles. The number of halogens is 2. The minimum Gasteiger partial charge on any atom is -0.507 e. The summed E-state index contributed by atoms with van der Waals surface area (Å²) in [6.45, 7) is 0. The molecule has 104 valence electrons. The van der Waals surface area contributed by atoms with E-state index >= 15 is 0 Å². The zero-order valence-corrected chi connectivity index (χ0v) is 12.3. The molecule has 0 spiro atoms. The van der Waals surface area contributed by atoms with Gasteiger partial charge in [-0.25, -0.2) is 0 Å². The Morgan fingerprint density at radius 3 is 2.50 bits per heavy atom. The lowest BCUT2D eigenvalue weighted by atomic mass is 10.2. The Hall–Kier alpha value is -1.56. The summed E-state index contributed by atoms with van der Waals surface area (Å²) in [5, 5.41) is 20.3. The van der Waals surface area contributed by atoms with Crippen LogP contribution in [0.25, 0.3) is 0 Å². The normalized spacial score (nSPS) is 10.3. The number of rotatable bonds is 4. The highest BCUT2D eigenvalue weighted by atomic mass is 35.5. The smallest absolute Gasteiger partial charge is 0.153 e. The summed E-state index contributed by atoms with van der Waals surface area (Å²) in [4.78, 5) is 11.3. The van der Waals surface area contributed by atoms with Crippen LogP contribution in [0.15, 0.2) is 35.2 Å². The molecule has 0 aliphatic rings. The molecule has 0 amide bonds. The Bertz CT molecular complexity index is 664. The van der Waals surface area contributed by atoms with Crippen molar-refractivity contribution < 1.29 is 15.0 Å². The van der Waals surface area contributed by atoms with E-state index in [4.69, 9.17) is 23.2 Å². The first-order chi connectivity index (χ1) is 9.51. The second-order valence-electron chi connectivity index (χ2n) is 3.83. The molecule has 0 unspecified atom stereocenters. The maximum absolute atomic E-state index is 10.8. The molecule has 3 N–H and O–H groups in total. The number of carbonyl (C=O) groups is 1. The largest absolute Gasteiger partial charge is 0.507 e. The summed E-state index contributed by atoms with van der Waals surface area (Å²) in [5.41, 5.74) is 0.361. The van der Waals surface area contributed by atoms with E-state index in [0.717, 1.165) is 11.9 Å². The van der Waals surface area contributed by atoms with Crippen molar-refractivity contribution in [3.63, 3.8) is 0 Å². The molecule has 0 fully saturated rings. The third kappa shape index (κ3) is 3.30. The number of phenolic OH excluding ortho intramolecular Hbond substituents is 2. The molecule has 0 heterocycles. The zero-order valence-electron chi connectivity index (χ0n) is 9.93. The predicted octanol–water partition coefficient (Wildman–Crippen LogP) is 4.34. The van der Waals surface area contributed by atoms with E-state index in [2.05, 4.69) is 4.72 Å². The Morgan fingerprint density at radius 1 is 1.10 bits per heavy atom. The maximum Gasteiger partial charge on any atom is 0.153 e. The summed E-state index contributed by atoms with van der Waals surface area (Å²) in [6, 6.07) is 7.49. The average molecular weight is 330 g/mol. The van der Waals surface area contributed by atoms with Crippen molar-refractivity contribution in [2.24, 2.45) is 0 Å². The molecule has 2 aromatic rings. The number of aldehydes is 1. The monoisotopic (exact) mass is 329 g/mol. The Balaban J connectivity index is 2.22. The summed E-state index contributed by atoms with van der Waals surface area (Å²) < 4.78 is 2.83. The van der Waals surface area contributed by atoms with E-state index in [1.54, 1.807) is 12.1 Å².